The van der Waals surface area contributed by atoms with Gasteiger partial charge in [-0.1, -0.05) is 12.8 Å². The van der Waals surface area contributed by atoms with Gasteiger partial charge in [0.25, 0.3) is 0 Å². The molecule has 0 unspecified atom stereocenters. The van der Waals surface area contributed by atoms with Crippen LogP contribution in [0.3, 0.4) is 0 Å². The molecule has 0 aromatic carbocycles. The van der Waals surface area contributed by atoms with Gasteiger partial charge in [0, 0.05) is 26.2 Å². The zero-order valence-corrected chi connectivity index (χ0v) is 18.5. The molecule has 0 aromatic rings. The summed E-state index contributed by atoms with van der Waals surface area (Å²) in [5.41, 5.74) is 0. The molecule has 0 heterocycles. The monoisotopic (exact) mass is 492 g/mol. The first-order valence-electron chi connectivity index (χ1n) is 8.13. The fourth-order valence-corrected chi connectivity index (χ4v) is 5.02. The molecule has 0 aliphatic rings. The Balaban J connectivity index is 4.36. The first kappa shape index (κ1) is 28.5. The molecule has 0 aliphatic heterocycles. The summed E-state index contributed by atoms with van der Waals surface area (Å²) < 4.78 is 45.7. The topological polar surface area (TPSA) is 237 Å². The fourth-order valence-electron chi connectivity index (χ4n) is 2.18. The van der Waals surface area contributed by atoms with E-state index in [1.54, 1.807) is 0 Å². The van der Waals surface area contributed by atoms with Crippen LogP contribution >= 0.6 is 30.7 Å². The highest BCUT2D eigenvalue weighted by Crippen LogP contribution is 2.44. The van der Waals surface area contributed by atoms with Crippen LogP contribution in [0.2, 0.25) is 0 Å². The van der Waals surface area contributed by atoms with E-state index in [0.717, 1.165) is 0 Å². The first-order valence-corrected chi connectivity index (χ1v) is 14.9. The van der Waals surface area contributed by atoms with Gasteiger partial charge in [-0.2, -0.15) is 0 Å². The lowest BCUT2D eigenvalue weighted by Crippen LogP contribution is -2.26. The zero-order valence-electron chi connectivity index (χ0n) is 15.0. The normalized spacial score (nSPS) is 14.2. The number of nitrogens with zero attached hydrogens (tertiary/aromatic N) is 2. The number of rotatable bonds is 15. The van der Waals surface area contributed by atoms with Crippen LogP contribution in [0.15, 0.2) is 0 Å². The molecule has 0 aliphatic carbocycles. The highest BCUT2D eigenvalue weighted by atomic mass is 31.2. The van der Waals surface area contributed by atoms with Gasteiger partial charge in [0.2, 0.25) is 0 Å². The van der Waals surface area contributed by atoms with Crippen molar-refractivity contribution in [3.63, 3.8) is 0 Å². The Kier molecular flexibility index (Phi) is 12.0. The molecular weight excluding hydrogens is 464 g/mol. The summed E-state index contributed by atoms with van der Waals surface area (Å²) in [4.78, 5) is 72.0. The minimum Gasteiger partial charge on any atom is -0.324 e. The SMILES string of the molecule is O=P(O)(O)CCN(CCCCCCN(CCP(=O)(O)O)P(=O)(O)O)P(=O)(O)O. The van der Waals surface area contributed by atoms with Gasteiger partial charge in [-0.25, -0.2) is 18.5 Å². The second kappa shape index (κ2) is 11.8. The Bertz CT molecular complexity index is 595. The van der Waals surface area contributed by atoms with Crippen LogP contribution in [0.5, 0.6) is 0 Å². The maximum atomic E-state index is 11.3. The van der Waals surface area contributed by atoms with Gasteiger partial charge in [0.15, 0.2) is 0 Å². The van der Waals surface area contributed by atoms with Gasteiger partial charge in [-0.05, 0) is 12.8 Å². The Morgan fingerprint density at radius 3 is 0.964 bits per heavy atom. The third kappa shape index (κ3) is 15.4. The predicted molar refractivity (Wildman–Crippen MR) is 99.5 cm³/mol. The molecule has 14 nitrogen and oxygen atoms in total. The van der Waals surface area contributed by atoms with Crippen molar-refractivity contribution < 1.29 is 57.4 Å². The van der Waals surface area contributed by atoms with Crippen LogP contribution in [0, 0.1) is 0 Å². The van der Waals surface area contributed by atoms with E-state index < -0.39 is 56.1 Å². The maximum Gasteiger partial charge on any atom is 0.403 e. The van der Waals surface area contributed by atoms with E-state index in [1.807, 2.05) is 0 Å². The van der Waals surface area contributed by atoms with E-state index in [-0.39, 0.29) is 25.9 Å². The number of hydrogen-bond donors (Lipinski definition) is 8. The summed E-state index contributed by atoms with van der Waals surface area (Å²) >= 11 is 0. The van der Waals surface area contributed by atoms with Crippen molar-refractivity contribution in [2.24, 2.45) is 0 Å². The molecule has 28 heavy (non-hydrogen) atoms. The summed E-state index contributed by atoms with van der Waals surface area (Å²) in [6.45, 7) is -1.21. The van der Waals surface area contributed by atoms with Gasteiger partial charge < -0.3 is 39.1 Å². The van der Waals surface area contributed by atoms with Gasteiger partial charge in [-0.3, -0.25) is 9.13 Å². The molecule has 8 N–H and O–H groups in total. The van der Waals surface area contributed by atoms with Crippen LogP contribution in [0.4, 0.5) is 0 Å². The molecule has 170 valence electrons. The number of hydrogen-bond acceptors (Lipinski definition) is 4. The van der Waals surface area contributed by atoms with Crippen molar-refractivity contribution in [3.05, 3.63) is 0 Å². The molecule has 0 atom stereocenters. The van der Waals surface area contributed by atoms with Gasteiger partial charge in [0.1, 0.15) is 0 Å². The van der Waals surface area contributed by atoms with Gasteiger partial charge in [-0.15, -0.1) is 0 Å². The molecule has 0 bridgehead atoms. The summed E-state index contributed by atoms with van der Waals surface area (Å²) in [5.74, 6) is 0. The van der Waals surface area contributed by atoms with E-state index in [0.29, 0.717) is 22.2 Å². The average molecular weight is 492 g/mol. The molecule has 0 saturated carbocycles. The Morgan fingerprint density at radius 2 is 0.750 bits per heavy atom. The van der Waals surface area contributed by atoms with Crippen molar-refractivity contribution in [2.75, 3.05) is 38.5 Å². The van der Waals surface area contributed by atoms with E-state index in [1.165, 1.54) is 0 Å². The lowest BCUT2D eigenvalue weighted by molar-refractivity contribution is 0.261. The van der Waals surface area contributed by atoms with E-state index in [2.05, 4.69) is 0 Å². The lowest BCUT2D eigenvalue weighted by atomic mass is 10.2. The van der Waals surface area contributed by atoms with Crippen LogP contribution in [-0.2, 0) is 18.3 Å². The minimum atomic E-state index is -4.68. The Hall–Kier alpha value is 0.520. The molecule has 0 saturated heterocycles. The molecule has 0 amide bonds. The van der Waals surface area contributed by atoms with Crippen LogP contribution in [0.1, 0.15) is 25.7 Å². The van der Waals surface area contributed by atoms with Crippen LogP contribution in [-0.4, -0.2) is 87.0 Å². The van der Waals surface area contributed by atoms with E-state index in [9.17, 15) is 37.8 Å². The second-order valence-electron chi connectivity index (χ2n) is 6.12. The molecule has 0 aromatic heterocycles. The molecule has 0 radical (unpaired) electrons. The quantitative estimate of drug-likeness (QED) is 0.108. The minimum absolute atomic E-state index is 0.120. The molecular formula is C10H28N2O12P4. The Morgan fingerprint density at radius 1 is 0.464 bits per heavy atom. The largest absolute Gasteiger partial charge is 0.403 e. The van der Waals surface area contributed by atoms with Crippen LogP contribution < -0.4 is 0 Å². The smallest absolute Gasteiger partial charge is 0.324 e. The summed E-state index contributed by atoms with van der Waals surface area (Å²) in [6, 6.07) is 0. The highest BCUT2D eigenvalue weighted by Gasteiger charge is 2.28. The second-order valence-corrected chi connectivity index (χ2v) is 12.9. The summed E-state index contributed by atoms with van der Waals surface area (Å²) in [5, 5.41) is 0. The van der Waals surface area contributed by atoms with Crippen molar-refractivity contribution in [2.45, 2.75) is 25.7 Å². The van der Waals surface area contributed by atoms with Crippen molar-refractivity contribution in [1.29, 1.82) is 0 Å². The third-order valence-corrected chi connectivity index (χ3v) is 7.46. The van der Waals surface area contributed by atoms with Gasteiger partial charge >= 0.3 is 30.7 Å². The third-order valence-electron chi connectivity index (χ3n) is 3.62. The van der Waals surface area contributed by atoms with E-state index >= 15 is 0 Å². The lowest BCUT2D eigenvalue weighted by Gasteiger charge is -2.24. The van der Waals surface area contributed by atoms with Crippen molar-refractivity contribution in [3.8, 4) is 0 Å². The molecule has 0 fully saturated rings. The zero-order chi connectivity index (χ0) is 22.2. The molecule has 18 heteroatoms. The molecule has 0 spiro atoms. The number of unbranched alkanes of at least 4 members (excludes halogenated alkanes) is 3. The van der Waals surface area contributed by atoms with Gasteiger partial charge in [0.05, 0.1) is 12.3 Å². The van der Waals surface area contributed by atoms with Crippen molar-refractivity contribution in [1.82, 2.24) is 9.34 Å². The highest BCUT2D eigenvalue weighted by molar-refractivity contribution is 7.52. The van der Waals surface area contributed by atoms with Crippen LogP contribution in [0.25, 0.3) is 0 Å². The summed E-state index contributed by atoms with van der Waals surface area (Å²) in [7, 11) is -18.2. The Labute approximate surface area is 162 Å². The maximum absolute atomic E-state index is 11.3. The average Bonchev–Trinajstić information content (AvgIpc) is 2.43. The standard InChI is InChI=1S/C10H28N2O12P4/c13-25(14,15)9-7-11(27(19,20)21)5-3-1-2-4-6-12(28(22,23)24)8-10-26(16,17)18/h1-10H2,(H2,13,14,15)(H2,16,17,18)(H2,19,20,21)(H2,22,23,24). The van der Waals surface area contributed by atoms with E-state index in [4.69, 9.17) is 19.6 Å². The summed E-state index contributed by atoms with van der Waals surface area (Å²) in [6.07, 6.45) is -0.0288. The first-order chi connectivity index (χ1) is 12.4. The predicted octanol–water partition coefficient (Wildman–Crippen LogP) is -0.308. The molecule has 0 rings (SSSR count). The van der Waals surface area contributed by atoms with Crippen molar-refractivity contribution >= 4 is 30.7 Å². The fraction of sp³-hybridized carbons (Fsp3) is 1.00.